The second kappa shape index (κ2) is 7.31. The van der Waals surface area contributed by atoms with Crippen LogP contribution in [0.5, 0.6) is 0 Å². The minimum absolute atomic E-state index is 0.144. The zero-order valence-corrected chi connectivity index (χ0v) is 9.58. The zero-order chi connectivity index (χ0) is 11.0. The summed E-state index contributed by atoms with van der Waals surface area (Å²) in [5.74, 6) is 0.450. The maximum Gasteiger partial charge on any atom is 0.139 e. The Morgan fingerprint density at radius 1 is 1.14 bits per heavy atom. The molecule has 0 fully saturated rings. The summed E-state index contributed by atoms with van der Waals surface area (Å²) in [6.45, 7) is 7.87. The highest BCUT2D eigenvalue weighted by Crippen LogP contribution is 2.04. The monoisotopic (exact) mass is 192 g/mol. The van der Waals surface area contributed by atoms with Gasteiger partial charge in [-0.05, 0) is 5.56 Å². The molecule has 1 aromatic carbocycles. The van der Waals surface area contributed by atoms with Crippen molar-refractivity contribution in [2.45, 2.75) is 34.1 Å². The van der Waals surface area contributed by atoms with Crippen LogP contribution >= 0.6 is 0 Å². The van der Waals surface area contributed by atoms with E-state index in [-0.39, 0.29) is 5.92 Å². The Kier molecular flexibility index (Phi) is 6.73. The quantitative estimate of drug-likeness (QED) is 0.716. The molecule has 0 atom stereocenters. The van der Waals surface area contributed by atoms with Crippen molar-refractivity contribution in [1.29, 1.82) is 0 Å². The molecule has 0 amide bonds. The molecule has 1 nitrogen and oxygen atoms in total. The van der Waals surface area contributed by atoms with E-state index in [9.17, 15) is 4.79 Å². The summed E-state index contributed by atoms with van der Waals surface area (Å²) in [5, 5.41) is 0. The smallest absolute Gasteiger partial charge is 0.139 e. The van der Waals surface area contributed by atoms with E-state index in [0.29, 0.717) is 12.2 Å². The summed E-state index contributed by atoms with van der Waals surface area (Å²) in [6, 6.07) is 9.86. The Morgan fingerprint density at radius 2 is 1.64 bits per heavy atom. The van der Waals surface area contributed by atoms with Crippen LogP contribution in [0.15, 0.2) is 30.3 Å². The molecule has 0 aliphatic heterocycles. The molecule has 1 aromatic rings. The van der Waals surface area contributed by atoms with Gasteiger partial charge in [0.1, 0.15) is 5.78 Å². The van der Waals surface area contributed by atoms with Crippen molar-refractivity contribution in [2.75, 3.05) is 0 Å². The van der Waals surface area contributed by atoms with Crippen molar-refractivity contribution in [3.8, 4) is 0 Å². The molecule has 1 heteroatoms. The lowest BCUT2D eigenvalue weighted by Gasteiger charge is -2.02. The first-order valence-electron chi connectivity index (χ1n) is 5.27. The number of hydrogen-bond donors (Lipinski definition) is 0. The van der Waals surface area contributed by atoms with Crippen LogP contribution < -0.4 is 0 Å². The van der Waals surface area contributed by atoms with E-state index >= 15 is 0 Å². The summed E-state index contributed by atoms with van der Waals surface area (Å²) >= 11 is 0. The van der Waals surface area contributed by atoms with Crippen LogP contribution in [-0.4, -0.2) is 5.78 Å². The molecule has 0 saturated heterocycles. The van der Waals surface area contributed by atoms with Crippen LogP contribution in [0.2, 0.25) is 0 Å². The van der Waals surface area contributed by atoms with Crippen LogP contribution in [0.25, 0.3) is 0 Å². The van der Waals surface area contributed by atoms with Gasteiger partial charge in [-0.2, -0.15) is 0 Å². The highest BCUT2D eigenvalue weighted by molar-refractivity contribution is 5.82. The van der Waals surface area contributed by atoms with Gasteiger partial charge in [0.25, 0.3) is 0 Å². The topological polar surface area (TPSA) is 17.1 Å². The third kappa shape index (κ3) is 4.80. The van der Waals surface area contributed by atoms with Crippen molar-refractivity contribution >= 4 is 5.78 Å². The molecule has 0 N–H and O–H groups in total. The van der Waals surface area contributed by atoms with E-state index in [1.807, 2.05) is 58.0 Å². The lowest BCUT2D eigenvalue weighted by atomic mass is 10.0. The molecular weight excluding hydrogens is 172 g/mol. The first-order valence-corrected chi connectivity index (χ1v) is 5.27. The number of hydrogen-bond acceptors (Lipinski definition) is 1. The third-order valence-corrected chi connectivity index (χ3v) is 1.87. The molecule has 0 unspecified atom stereocenters. The molecule has 0 spiro atoms. The van der Waals surface area contributed by atoms with E-state index < -0.39 is 0 Å². The predicted octanol–water partition coefficient (Wildman–Crippen LogP) is 3.48. The molecular formula is C13H20O. The van der Waals surface area contributed by atoms with Crippen LogP contribution in [0.3, 0.4) is 0 Å². The highest BCUT2D eigenvalue weighted by atomic mass is 16.1. The maximum atomic E-state index is 11.3. The fraction of sp³-hybridized carbons (Fsp3) is 0.462. The fourth-order valence-electron chi connectivity index (χ4n) is 1.00. The van der Waals surface area contributed by atoms with Gasteiger partial charge in [-0.15, -0.1) is 0 Å². The van der Waals surface area contributed by atoms with Gasteiger partial charge in [-0.25, -0.2) is 0 Å². The van der Waals surface area contributed by atoms with E-state index in [4.69, 9.17) is 0 Å². The van der Waals surface area contributed by atoms with E-state index in [0.717, 1.165) is 5.56 Å². The Hall–Kier alpha value is -1.11. The van der Waals surface area contributed by atoms with Crippen LogP contribution in [0.1, 0.15) is 33.3 Å². The molecule has 0 saturated carbocycles. The Morgan fingerprint density at radius 3 is 2.07 bits per heavy atom. The van der Waals surface area contributed by atoms with Crippen LogP contribution in [-0.2, 0) is 11.2 Å². The maximum absolute atomic E-state index is 11.3. The van der Waals surface area contributed by atoms with Crippen molar-refractivity contribution in [3.63, 3.8) is 0 Å². The molecule has 0 radical (unpaired) electrons. The van der Waals surface area contributed by atoms with Crippen molar-refractivity contribution in [2.24, 2.45) is 5.92 Å². The Labute approximate surface area is 87.2 Å². The van der Waals surface area contributed by atoms with Crippen molar-refractivity contribution < 1.29 is 4.79 Å². The Balaban J connectivity index is 0.000000791. The normalized spacial score (nSPS) is 9.21. The number of rotatable bonds is 3. The fourth-order valence-corrected chi connectivity index (χ4v) is 1.00. The minimum Gasteiger partial charge on any atom is -0.299 e. The average molecular weight is 192 g/mol. The summed E-state index contributed by atoms with van der Waals surface area (Å²) in [4.78, 5) is 11.3. The highest BCUT2D eigenvalue weighted by Gasteiger charge is 2.06. The second-order valence-corrected chi connectivity index (χ2v) is 3.28. The number of carbonyl (C=O) groups excluding carboxylic acids is 1. The van der Waals surface area contributed by atoms with Gasteiger partial charge >= 0.3 is 0 Å². The summed E-state index contributed by atoms with van der Waals surface area (Å²) in [7, 11) is 0. The summed E-state index contributed by atoms with van der Waals surface area (Å²) in [6.07, 6.45) is 0.568. The first kappa shape index (κ1) is 12.9. The molecule has 0 aliphatic rings. The molecule has 78 valence electrons. The zero-order valence-electron chi connectivity index (χ0n) is 9.58. The van der Waals surface area contributed by atoms with Gasteiger partial charge in [0, 0.05) is 12.3 Å². The largest absolute Gasteiger partial charge is 0.299 e. The number of ketones is 1. The van der Waals surface area contributed by atoms with Gasteiger partial charge in [0.15, 0.2) is 0 Å². The second-order valence-electron chi connectivity index (χ2n) is 3.28. The molecule has 0 aromatic heterocycles. The molecule has 14 heavy (non-hydrogen) atoms. The SMILES string of the molecule is CC.CC(C)C(=O)Cc1ccccc1. The van der Waals surface area contributed by atoms with Gasteiger partial charge < -0.3 is 0 Å². The number of Topliss-reactive ketones (excluding diaryl/α,β-unsaturated/α-hetero) is 1. The summed E-state index contributed by atoms with van der Waals surface area (Å²) < 4.78 is 0. The first-order chi connectivity index (χ1) is 6.70. The third-order valence-electron chi connectivity index (χ3n) is 1.87. The summed E-state index contributed by atoms with van der Waals surface area (Å²) in [5.41, 5.74) is 1.11. The van der Waals surface area contributed by atoms with E-state index in [2.05, 4.69) is 0 Å². The standard InChI is InChI=1S/C11H14O.C2H6/c1-9(2)11(12)8-10-6-4-3-5-7-10;1-2/h3-7,9H,8H2,1-2H3;1-2H3. The molecule has 1 rings (SSSR count). The molecule has 0 bridgehead atoms. The number of benzene rings is 1. The molecule has 0 aliphatic carbocycles. The number of carbonyl (C=O) groups is 1. The van der Waals surface area contributed by atoms with Gasteiger partial charge in [0.05, 0.1) is 0 Å². The van der Waals surface area contributed by atoms with Crippen LogP contribution in [0.4, 0.5) is 0 Å². The van der Waals surface area contributed by atoms with Gasteiger partial charge in [-0.1, -0.05) is 58.0 Å². The lowest BCUT2D eigenvalue weighted by Crippen LogP contribution is -2.09. The average Bonchev–Trinajstić information content (AvgIpc) is 2.22. The Bertz CT molecular complexity index is 249. The lowest BCUT2D eigenvalue weighted by molar-refractivity contribution is -0.121. The van der Waals surface area contributed by atoms with Gasteiger partial charge in [0.2, 0.25) is 0 Å². The van der Waals surface area contributed by atoms with E-state index in [1.165, 1.54) is 0 Å². The predicted molar refractivity (Wildman–Crippen MR) is 61.3 cm³/mol. The van der Waals surface area contributed by atoms with Crippen molar-refractivity contribution in [3.05, 3.63) is 35.9 Å². The van der Waals surface area contributed by atoms with Crippen LogP contribution in [0, 0.1) is 5.92 Å². The van der Waals surface area contributed by atoms with E-state index in [1.54, 1.807) is 0 Å². The minimum atomic E-state index is 0.144. The van der Waals surface area contributed by atoms with Gasteiger partial charge in [-0.3, -0.25) is 4.79 Å². The van der Waals surface area contributed by atoms with Crippen molar-refractivity contribution in [1.82, 2.24) is 0 Å². The molecule has 0 heterocycles.